The SMILES string of the molecule is BrC1=Cc2oc3ccc4ccccc4c3c2C2CCCCC12. The summed E-state index contributed by atoms with van der Waals surface area (Å²) in [4.78, 5) is 0. The predicted octanol–water partition coefficient (Wildman–Crippen LogP) is 6.61. The minimum Gasteiger partial charge on any atom is -0.456 e. The van der Waals surface area contributed by atoms with Crippen LogP contribution in [0.4, 0.5) is 0 Å². The van der Waals surface area contributed by atoms with E-state index < -0.39 is 0 Å². The van der Waals surface area contributed by atoms with Crippen molar-refractivity contribution in [3.63, 3.8) is 0 Å². The molecule has 3 aromatic rings. The summed E-state index contributed by atoms with van der Waals surface area (Å²) in [5, 5.41) is 3.99. The zero-order valence-corrected chi connectivity index (χ0v) is 13.9. The highest BCUT2D eigenvalue weighted by Crippen LogP contribution is 2.52. The summed E-state index contributed by atoms with van der Waals surface area (Å²) in [7, 11) is 0. The Morgan fingerprint density at radius 1 is 0.955 bits per heavy atom. The van der Waals surface area contributed by atoms with Crippen molar-refractivity contribution in [3.8, 4) is 0 Å². The van der Waals surface area contributed by atoms with Crippen molar-refractivity contribution in [3.05, 3.63) is 52.2 Å². The predicted molar refractivity (Wildman–Crippen MR) is 95.3 cm³/mol. The molecule has 1 saturated carbocycles. The molecule has 2 heteroatoms. The molecule has 2 aromatic carbocycles. The molecular formula is C20H17BrO. The van der Waals surface area contributed by atoms with Crippen LogP contribution in [0.5, 0.6) is 0 Å². The van der Waals surface area contributed by atoms with Crippen LogP contribution in [0.2, 0.25) is 0 Å². The van der Waals surface area contributed by atoms with Gasteiger partial charge in [-0.1, -0.05) is 59.1 Å². The topological polar surface area (TPSA) is 13.1 Å². The Morgan fingerprint density at radius 2 is 1.77 bits per heavy atom. The smallest absolute Gasteiger partial charge is 0.135 e. The number of hydrogen-bond acceptors (Lipinski definition) is 1. The van der Waals surface area contributed by atoms with E-state index in [1.165, 1.54) is 51.9 Å². The lowest BCUT2D eigenvalue weighted by atomic mass is 9.72. The molecule has 1 aromatic heterocycles. The second kappa shape index (κ2) is 4.73. The molecule has 0 bridgehead atoms. The van der Waals surface area contributed by atoms with E-state index in [0.717, 1.165) is 11.3 Å². The highest BCUT2D eigenvalue weighted by Gasteiger charge is 2.36. The first-order valence-corrected chi connectivity index (χ1v) is 8.93. The fourth-order valence-corrected chi connectivity index (χ4v) is 5.18. The van der Waals surface area contributed by atoms with Crippen LogP contribution in [0.15, 0.2) is 45.3 Å². The Morgan fingerprint density at radius 3 is 2.68 bits per heavy atom. The number of fused-ring (bicyclic) bond motifs is 7. The monoisotopic (exact) mass is 352 g/mol. The molecule has 0 radical (unpaired) electrons. The van der Waals surface area contributed by atoms with E-state index in [9.17, 15) is 0 Å². The normalized spacial score (nSPS) is 24.1. The van der Waals surface area contributed by atoms with Crippen LogP contribution >= 0.6 is 15.9 Å². The van der Waals surface area contributed by atoms with Gasteiger partial charge in [0.25, 0.3) is 0 Å². The molecule has 2 unspecified atom stereocenters. The summed E-state index contributed by atoms with van der Waals surface area (Å²) in [6, 6.07) is 13.0. The van der Waals surface area contributed by atoms with Gasteiger partial charge in [0, 0.05) is 15.4 Å². The molecule has 1 heterocycles. The van der Waals surface area contributed by atoms with E-state index in [0.29, 0.717) is 11.8 Å². The second-order valence-electron chi connectivity index (χ2n) is 6.57. The second-order valence-corrected chi connectivity index (χ2v) is 7.48. The average Bonchev–Trinajstić information content (AvgIpc) is 2.94. The highest BCUT2D eigenvalue weighted by atomic mass is 79.9. The van der Waals surface area contributed by atoms with Gasteiger partial charge in [-0.25, -0.2) is 0 Å². The number of allylic oxidation sites excluding steroid dienone is 1. The van der Waals surface area contributed by atoms with Gasteiger partial charge >= 0.3 is 0 Å². The molecule has 1 fully saturated rings. The van der Waals surface area contributed by atoms with Gasteiger partial charge in [0.1, 0.15) is 11.3 Å². The van der Waals surface area contributed by atoms with Crippen molar-refractivity contribution in [1.82, 2.24) is 0 Å². The Bertz CT molecular complexity index is 918. The van der Waals surface area contributed by atoms with Gasteiger partial charge in [-0.2, -0.15) is 0 Å². The van der Waals surface area contributed by atoms with Crippen molar-refractivity contribution in [2.45, 2.75) is 31.6 Å². The van der Waals surface area contributed by atoms with E-state index in [-0.39, 0.29) is 0 Å². The van der Waals surface area contributed by atoms with Gasteiger partial charge in [0.15, 0.2) is 0 Å². The summed E-state index contributed by atoms with van der Waals surface area (Å²) in [5.74, 6) is 2.32. The zero-order chi connectivity index (χ0) is 14.7. The molecule has 1 nitrogen and oxygen atoms in total. The van der Waals surface area contributed by atoms with E-state index in [2.05, 4.69) is 58.4 Å². The summed E-state index contributed by atoms with van der Waals surface area (Å²) in [5.41, 5.74) is 2.49. The van der Waals surface area contributed by atoms with Crippen LogP contribution in [0.25, 0.3) is 27.8 Å². The number of furan rings is 1. The first-order chi connectivity index (χ1) is 10.8. The standard InChI is InChI=1S/C20H17BrO/c21-16-11-18-20(15-8-4-3-7-14(15)16)19-13-6-2-1-5-12(13)9-10-17(19)22-18/h1-2,5-6,9-11,14-15H,3-4,7-8H2. The minimum absolute atomic E-state index is 0.607. The van der Waals surface area contributed by atoms with Crippen molar-refractivity contribution in [1.29, 1.82) is 0 Å². The first-order valence-electron chi connectivity index (χ1n) is 8.14. The minimum atomic E-state index is 0.607. The number of halogens is 1. The lowest BCUT2D eigenvalue weighted by molar-refractivity contribution is 0.353. The van der Waals surface area contributed by atoms with Crippen LogP contribution in [0.1, 0.15) is 42.9 Å². The van der Waals surface area contributed by atoms with Crippen LogP contribution in [-0.4, -0.2) is 0 Å². The van der Waals surface area contributed by atoms with Gasteiger partial charge in [0.2, 0.25) is 0 Å². The van der Waals surface area contributed by atoms with Gasteiger partial charge in [-0.15, -0.1) is 0 Å². The zero-order valence-electron chi connectivity index (χ0n) is 12.3. The van der Waals surface area contributed by atoms with E-state index in [4.69, 9.17) is 4.42 Å². The Labute approximate surface area is 138 Å². The third-order valence-corrected chi connectivity index (χ3v) is 6.22. The Hall–Kier alpha value is -1.54. The molecule has 0 N–H and O–H groups in total. The lowest BCUT2D eigenvalue weighted by Crippen LogP contribution is -2.20. The molecule has 2 atom stereocenters. The molecule has 0 spiro atoms. The van der Waals surface area contributed by atoms with Crippen molar-refractivity contribution < 1.29 is 4.42 Å². The molecule has 2 aliphatic rings. The van der Waals surface area contributed by atoms with Gasteiger partial charge in [-0.05, 0) is 47.6 Å². The Balaban J connectivity index is 1.89. The van der Waals surface area contributed by atoms with E-state index in [1.54, 1.807) is 0 Å². The third-order valence-electron chi connectivity index (χ3n) is 5.41. The van der Waals surface area contributed by atoms with Crippen LogP contribution < -0.4 is 0 Å². The molecule has 110 valence electrons. The molecular weight excluding hydrogens is 336 g/mol. The largest absolute Gasteiger partial charge is 0.456 e. The molecule has 22 heavy (non-hydrogen) atoms. The highest BCUT2D eigenvalue weighted by molar-refractivity contribution is 9.11. The fraction of sp³-hybridized carbons (Fsp3) is 0.300. The quantitative estimate of drug-likeness (QED) is 0.443. The number of benzene rings is 2. The van der Waals surface area contributed by atoms with Gasteiger partial charge in [0.05, 0.1) is 0 Å². The van der Waals surface area contributed by atoms with E-state index >= 15 is 0 Å². The average molecular weight is 353 g/mol. The van der Waals surface area contributed by atoms with E-state index in [1.807, 2.05) is 0 Å². The maximum absolute atomic E-state index is 6.21. The van der Waals surface area contributed by atoms with Crippen molar-refractivity contribution in [2.24, 2.45) is 5.92 Å². The summed E-state index contributed by atoms with van der Waals surface area (Å²) < 4.78 is 7.54. The maximum Gasteiger partial charge on any atom is 0.135 e. The molecule has 0 aliphatic heterocycles. The molecule has 0 saturated heterocycles. The Kier molecular flexibility index (Phi) is 2.78. The molecule has 5 rings (SSSR count). The van der Waals surface area contributed by atoms with Gasteiger partial charge in [-0.3, -0.25) is 0 Å². The van der Waals surface area contributed by atoms with Crippen molar-refractivity contribution >= 4 is 43.7 Å². The van der Waals surface area contributed by atoms with Crippen molar-refractivity contribution in [2.75, 3.05) is 0 Å². The number of hydrogen-bond donors (Lipinski definition) is 0. The van der Waals surface area contributed by atoms with Crippen LogP contribution in [-0.2, 0) is 0 Å². The maximum atomic E-state index is 6.21. The molecule has 0 amide bonds. The summed E-state index contributed by atoms with van der Waals surface area (Å²) in [6.45, 7) is 0. The fourth-order valence-electron chi connectivity index (χ4n) is 4.43. The summed E-state index contributed by atoms with van der Waals surface area (Å²) >= 11 is 3.81. The lowest BCUT2D eigenvalue weighted by Gasteiger charge is -2.34. The van der Waals surface area contributed by atoms with Crippen LogP contribution in [0, 0.1) is 5.92 Å². The van der Waals surface area contributed by atoms with Crippen LogP contribution in [0.3, 0.4) is 0 Å². The number of rotatable bonds is 0. The molecule has 2 aliphatic carbocycles. The third kappa shape index (κ3) is 1.70. The summed E-state index contributed by atoms with van der Waals surface area (Å²) in [6.07, 6.45) is 7.46. The van der Waals surface area contributed by atoms with Gasteiger partial charge < -0.3 is 4.42 Å². The first kappa shape index (κ1) is 13.0.